The lowest BCUT2D eigenvalue weighted by atomic mass is 9.83. The van der Waals surface area contributed by atoms with E-state index in [4.69, 9.17) is 9.84 Å². The predicted molar refractivity (Wildman–Crippen MR) is 162 cm³/mol. The number of aryl methyl sites for hydroxylation is 1. The van der Waals surface area contributed by atoms with Gasteiger partial charge < -0.3 is 29.9 Å². The van der Waals surface area contributed by atoms with E-state index in [0.29, 0.717) is 51.2 Å². The fourth-order valence-electron chi connectivity index (χ4n) is 6.61. The molecule has 0 bridgehead atoms. The van der Waals surface area contributed by atoms with Crippen LogP contribution in [0.15, 0.2) is 42.5 Å². The maximum atomic E-state index is 14.5. The van der Waals surface area contributed by atoms with Crippen LogP contribution in [0.4, 0.5) is 10.1 Å². The number of carbonyl (C=O) groups excluding carboxylic acids is 3. The van der Waals surface area contributed by atoms with Crippen molar-refractivity contribution in [3.63, 3.8) is 0 Å². The summed E-state index contributed by atoms with van der Waals surface area (Å²) in [5.74, 6) is -1.69. The van der Waals surface area contributed by atoms with Crippen molar-refractivity contribution < 1.29 is 33.4 Å². The Morgan fingerprint density at radius 3 is 2.41 bits per heavy atom. The smallest absolute Gasteiger partial charge is 0.341 e. The molecule has 2 aromatic carbocycles. The van der Waals surface area contributed by atoms with Crippen molar-refractivity contribution in [2.24, 2.45) is 11.8 Å². The maximum Gasteiger partial charge on any atom is 0.341 e. The number of piperidine rings is 1. The van der Waals surface area contributed by atoms with Crippen LogP contribution in [0.1, 0.15) is 56.0 Å². The molecule has 0 aliphatic carbocycles. The second-order valence-corrected chi connectivity index (χ2v) is 12.5. The molecule has 2 N–H and O–H groups in total. The molecule has 11 heteroatoms. The summed E-state index contributed by atoms with van der Waals surface area (Å²) >= 11 is 0. The number of carboxylic acid groups (broad SMARTS) is 1. The van der Waals surface area contributed by atoms with Gasteiger partial charge in [0.05, 0.1) is 18.3 Å². The number of likely N-dealkylation sites (tertiary alicyclic amines) is 1. The highest BCUT2D eigenvalue weighted by Gasteiger charge is 2.54. The lowest BCUT2D eigenvalue weighted by molar-refractivity contribution is -0.141. The molecule has 2 unspecified atom stereocenters. The molecule has 5 rings (SSSR count). The fourth-order valence-corrected chi connectivity index (χ4v) is 6.61. The minimum atomic E-state index is -1.06. The molecule has 1 spiro atoms. The molecule has 3 aliphatic rings. The van der Waals surface area contributed by atoms with Crippen molar-refractivity contribution >= 4 is 29.3 Å². The van der Waals surface area contributed by atoms with Crippen LogP contribution in [0.3, 0.4) is 0 Å². The first-order valence-electron chi connectivity index (χ1n) is 15.3. The first-order chi connectivity index (χ1) is 20.9. The van der Waals surface area contributed by atoms with Gasteiger partial charge in [0.25, 0.3) is 0 Å². The van der Waals surface area contributed by atoms with Crippen LogP contribution in [0.5, 0.6) is 5.75 Å². The number of nitrogens with one attached hydrogen (secondary N) is 1. The van der Waals surface area contributed by atoms with Gasteiger partial charge in [0, 0.05) is 37.8 Å². The topological polar surface area (TPSA) is 129 Å². The summed E-state index contributed by atoms with van der Waals surface area (Å²) in [4.78, 5) is 56.8. The molecule has 2 amide bonds. The summed E-state index contributed by atoms with van der Waals surface area (Å²) in [7, 11) is 1.77. The number of carboxylic acids is 1. The van der Waals surface area contributed by atoms with Crippen LogP contribution < -0.4 is 15.0 Å². The van der Waals surface area contributed by atoms with Crippen LogP contribution in [0.25, 0.3) is 0 Å². The van der Waals surface area contributed by atoms with E-state index < -0.39 is 30.0 Å². The average molecular weight is 609 g/mol. The van der Waals surface area contributed by atoms with E-state index in [1.807, 2.05) is 37.8 Å². The summed E-state index contributed by atoms with van der Waals surface area (Å²) in [6.45, 7) is 6.77. The van der Waals surface area contributed by atoms with Gasteiger partial charge in [-0.25, -0.2) is 9.18 Å². The molecule has 44 heavy (non-hydrogen) atoms. The molecule has 0 saturated carbocycles. The molecule has 10 nitrogen and oxygen atoms in total. The van der Waals surface area contributed by atoms with Gasteiger partial charge in [-0.15, -0.1) is 0 Å². The van der Waals surface area contributed by atoms with Crippen LogP contribution in [-0.4, -0.2) is 89.5 Å². The number of nitrogens with zero attached hydrogens (tertiary/aromatic N) is 3. The summed E-state index contributed by atoms with van der Waals surface area (Å²) in [5, 5.41) is 12.1. The maximum absolute atomic E-state index is 14.5. The van der Waals surface area contributed by atoms with Crippen LogP contribution in [0.2, 0.25) is 0 Å². The zero-order chi connectivity index (χ0) is 31.8. The van der Waals surface area contributed by atoms with Crippen LogP contribution in [0, 0.1) is 17.7 Å². The number of hydrogen-bond acceptors (Lipinski definition) is 7. The van der Waals surface area contributed by atoms with Gasteiger partial charge in [-0.1, -0.05) is 26.8 Å². The van der Waals surface area contributed by atoms with Crippen LogP contribution >= 0.6 is 0 Å². The zero-order valence-electron chi connectivity index (χ0n) is 25.7. The SMILES string of the molecule is CCc1ccc(F)c(C(=O)C2NC2C[C@@H](C(=O)N2CCC3(CC2)C(=O)N(C)CN3c2ccc(OCC(=O)O)cc2)C(C)C)c1. The van der Waals surface area contributed by atoms with Crippen molar-refractivity contribution in [2.45, 2.75) is 64.1 Å². The Hall–Kier alpha value is -3.99. The van der Waals surface area contributed by atoms with Gasteiger partial charge in [-0.05, 0) is 73.6 Å². The number of ketones is 1. The third kappa shape index (κ3) is 6.15. The second-order valence-electron chi connectivity index (χ2n) is 12.5. The van der Waals surface area contributed by atoms with Crippen molar-refractivity contribution in [3.8, 4) is 5.75 Å². The number of hydrogen-bond donors (Lipinski definition) is 2. The van der Waals surface area contributed by atoms with Gasteiger partial charge in [-0.2, -0.15) is 0 Å². The predicted octanol–water partition coefficient (Wildman–Crippen LogP) is 3.33. The Labute approximate surface area is 257 Å². The number of halogens is 1. The molecule has 3 saturated heterocycles. The number of anilines is 1. The molecule has 3 heterocycles. The highest BCUT2D eigenvalue weighted by atomic mass is 19.1. The number of benzene rings is 2. The standard InChI is InChI=1S/C33H41FN4O6/c1-5-21-6-11-26(34)25(16-21)30(41)29-27(35-29)17-24(20(2)3)31(42)37-14-12-33(13-15-37)32(43)36(4)19-38(33)22-7-9-23(10-8-22)44-18-28(39)40/h6-11,16,20,24,27,29,35H,5,12-15,17-19H2,1-4H3,(H,39,40)/t24-,27?,29?/m1/s1. The molecule has 3 aliphatic heterocycles. The Kier molecular flexibility index (Phi) is 8.97. The third-order valence-corrected chi connectivity index (χ3v) is 9.33. The molecule has 0 radical (unpaired) electrons. The van der Waals surface area contributed by atoms with E-state index in [1.54, 1.807) is 36.2 Å². The van der Waals surface area contributed by atoms with Gasteiger partial charge in [0.2, 0.25) is 11.8 Å². The zero-order valence-corrected chi connectivity index (χ0v) is 25.7. The Balaban J connectivity index is 1.23. The molecule has 3 fully saturated rings. The highest BCUT2D eigenvalue weighted by molar-refractivity contribution is 6.03. The van der Waals surface area contributed by atoms with E-state index in [0.717, 1.165) is 11.3 Å². The van der Waals surface area contributed by atoms with Gasteiger partial charge in [0.1, 0.15) is 17.1 Å². The first-order valence-corrected chi connectivity index (χ1v) is 15.3. The highest BCUT2D eigenvalue weighted by Crippen LogP contribution is 2.40. The fraction of sp³-hybridized carbons (Fsp3) is 0.515. The summed E-state index contributed by atoms with van der Waals surface area (Å²) in [6, 6.07) is 11.0. The number of carbonyl (C=O) groups is 4. The second kappa shape index (κ2) is 12.6. The monoisotopic (exact) mass is 608 g/mol. The van der Waals surface area contributed by atoms with E-state index in [1.165, 1.54) is 6.07 Å². The van der Waals surface area contributed by atoms with Crippen molar-refractivity contribution in [1.82, 2.24) is 15.1 Å². The summed E-state index contributed by atoms with van der Waals surface area (Å²) in [6.07, 6.45) is 2.13. The van der Waals surface area contributed by atoms with E-state index in [2.05, 4.69) is 10.2 Å². The Morgan fingerprint density at radius 1 is 1.11 bits per heavy atom. The summed E-state index contributed by atoms with van der Waals surface area (Å²) < 4.78 is 19.7. The minimum absolute atomic E-state index is 0.0131. The van der Waals surface area contributed by atoms with Crippen LogP contribution in [-0.2, 0) is 20.8 Å². The van der Waals surface area contributed by atoms with E-state index in [-0.39, 0.29) is 41.0 Å². The molecule has 3 atom stereocenters. The Morgan fingerprint density at radius 2 is 1.80 bits per heavy atom. The van der Waals surface area contributed by atoms with Crippen molar-refractivity contribution in [1.29, 1.82) is 0 Å². The normalized spacial score (nSPS) is 21.6. The summed E-state index contributed by atoms with van der Waals surface area (Å²) in [5.41, 5.74) is 1.03. The molecule has 2 aromatic rings. The molecule has 0 aromatic heterocycles. The Bertz CT molecular complexity index is 1420. The number of rotatable bonds is 11. The number of ether oxygens (including phenoxy) is 1. The van der Waals surface area contributed by atoms with Crippen molar-refractivity contribution in [3.05, 3.63) is 59.4 Å². The first kappa shape index (κ1) is 31.4. The average Bonchev–Trinajstić information content (AvgIpc) is 3.75. The van der Waals surface area contributed by atoms with Gasteiger partial charge >= 0.3 is 5.97 Å². The minimum Gasteiger partial charge on any atom is -0.482 e. The lowest BCUT2D eigenvalue weighted by Crippen LogP contribution is -2.58. The van der Waals surface area contributed by atoms with E-state index >= 15 is 0 Å². The van der Waals surface area contributed by atoms with Gasteiger partial charge in [-0.3, -0.25) is 14.4 Å². The van der Waals surface area contributed by atoms with Gasteiger partial charge in [0.15, 0.2) is 12.4 Å². The quantitative estimate of drug-likeness (QED) is 0.294. The largest absolute Gasteiger partial charge is 0.482 e. The number of Topliss-reactive ketones (excluding diaryl/α,β-unsaturated/α-hetero) is 1. The number of amides is 2. The third-order valence-electron chi connectivity index (χ3n) is 9.33. The lowest BCUT2D eigenvalue weighted by Gasteiger charge is -2.44. The number of aliphatic carboxylic acids is 1. The molecular weight excluding hydrogens is 567 g/mol. The van der Waals surface area contributed by atoms with E-state index in [9.17, 15) is 23.6 Å². The van der Waals surface area contributed by atoms with Crippen molar-refractivity contribution in [2.75, 3.05) is 38.3 Å². The number of likely N-dealkylation sites (N-methyl/N-ethyl adjacent to an activating group) is 1. The molecular formula is C33H41FN4O6. The molecule has 236 valence electrons.